The highest BCUT2D eigenvalue weighted by molar-refractivity contribution is 5.46. The van der Waals surface area contributed by atoms with E-state index in [0.29, 0.717) is 0 Å². The molecule has 0 aromatic heterocycles. The lowest BCUT2D eigenvalue weighted by molar-refractivity contribution is -0.275. The molecular formula is C10H10F4O2. The molecule has 1 aromatic rings. The summed E-state index contributed by atoms with van der Waals surface area (Å²) in [4.78, 5) is 0. The van der Waals surface area contributed by atoms with E-state index in [2.05, 4.69) is 4.74 Å². The minimum absolute atomic E-state index is 0.0311. The maximum atomic E-state index is 12.5. The molecule has 90 valence electrons. The number of para-hydroxylation sites is 1. The van der Waals surface area contributed by atoms with Crippen molar-refractivity contribution in [1.29, 1.82) is 0 Å². The highest BCUT2D eigenvalue weighted by atomic mass is 19.4. The van der Waals surface area contributed by atoms with Crippen LogP contribution in [0, 0.1) is 0 Å². The molecule has 1 aromatic carbocycles. The molecular weight excluding hydrogens is 228 g/mol. The molecule has 0 N–H and O–H groups in total. The first-order valence-corrected chi connectivity index (χ1v) is 4.54. The van der Waals surface area contributed by atoms with Gasteiger partial charge in [0.2, 0.25) is 0 Å². The Morgan fingerprint density at radius 1 is 1.25 bits per heavy atom. The molecule has 0 atom stereocenters. The Kier molecular flexibility index (Phi) is 3.98. The van der Waals surface area contributed by atoms with Crippen molar-refractivity contribution in [2.24, 2.45) is 0 Å². The quantitative estimate of drug-likeness (QED) is 0.748. The first-order valence-electron chi connectivity index (χ1n) is 4.54. The van der Waals surface area contributed by atoms with Gasteiger partial charge in [-0.1, -0.05) is 12.1 Å². The second-order valence-electron chi connectivity index (χ2n) is 2.86. The molecule has 0 radical (unpaired) electrons. The van der Waals surface area contributed by atoms with Gasteiger partial charge in [-0.3, -0.25) is 0 Å². The van der Waals surface area contributed by atoms with Crippen LogP contribution in [0.2, 0.25) is 0 Å². The smallest absolute Gasteiger partial charge is 0.490 e. The zero-order chi connectivity index (χ0) is 12.2. The summed E-state index contributed by atoms with van der Waals surface area (Å²) in [6.07, 6.45) is -4.82. The zero-order valence-electron chi connectivity index (χ0n) is 8.47. The van der Waals surface area contributed by atoms with E-state index in [1.807, 2.05) is 0 Å². The summed E-state index contributed by atoms with van der Waals surface area (Å²) < 4.78 is 57.3. The predicted octanol–water partition coefficient (Wildman–Crippen LogP) is 3.45. The van der Waals surface area contributed by atoms with Crippen LogP contribution >= 0.6 is 0 Å². The van der Waals surface area contributed by atoms with E-state index in [1.54, 1.807) is 6.92 Å². The van der Waals surface area contributed by atoms with E-state index < -0.39 is 18.8 Å². The maximum absolute atomic E-state index is 12.5. The molecule has 6 heteroatoms. The summed E-state index contributed by atoms with van der Waals surface area (Å²) in [6, 6.07) is 3.70. The zero-order valence-corrected chi connectivity index (χ0v) is 8.47. The number of benzene rings is 1. The third kappa shape index (κ3) is 3.29. The van der Waals surface area contributed by atoms with E-state index in [-0.39, 0.29) is 17.9 Å². The van der Waals surface area contributed by atoms with Crippen LogP contribution in [-0.2, 0) is 6.67 Å². The number of ether oxygens (including phenoxy) is 2. The van der Waals surface area contributed by atoms with Gasteiger partial charge in [-0.15, -0.1) is 13.2 Å². The van der Waals surface area contributed by atoms with Crippen LogP contribution in [0.1, 0.15) is 12.5 Å². The molecule has 0 saturated heterocycles. The molecule has 0 saturated carbocycles. The average molecular weight is 238 g/mol. The summed E-state index contributed by atoms with van der Waals surface area (Å²) in [5, 5.41) is 0. The summed E-state index contributed by atoms with van der Waals surface area (Å²) in [5.74, 6) is -0.727. The Morgan fingerprint density at radius 3 is 2.44 bits per heavy atom. The van der Waals surface area contributed by atoms with Gasteiger partial charge >= 0.3 is 6.36 Å². The normalized spacial score (nSPS) is 11.3. The number of alkyl halides is 4. The van der Waals surface area contributed by atoms with E-state index in [0.717, 1.165) is 6.07 Å². The number of hydrogen-bond acceptors (Lipinski definition) is 2. The summed E-state index contributed by atoms with van der Waals surface area (Å²) in [6.45, 7) is 0.808. The minimum Gasteiger partial charge on any atom is -0.490 e. The van der Waals surface area contributed by atoms with Crippen molar-refractivity contribution >= 4 is 0 Å². The molecule has 0 heterocycles. The second-order valence-corrected chi connectivity index (χ2v) is 2.86. The van der Waals surface area contributed by atoms with Crippen LogP contribution in [0.3, 0.4) is 0 Å². The lowest BCUT2D eigenvalue weighted by Crippen LogP contribution is -2.18. The van der Waals surface area contributed by atoms with E-state index >= 15 is 0 Å². The van der Waals surface area contributed by atoms with Gasteiger partial charge in [-0.25, -0.2) is 4.39 Å². The molecule has 0 fully saturated rings. The molecule has 16 heavy (non-hydrogen) atoms. The van der Waals surface area contributed by atoms with Gasteiger partial charge in [0.25, 0.3) is 0 Å². The van der Waals surface area contributed by atoms with Crippen molar-refractivity contribution in [3.8, 4) is 11.5 Å². The van der Waals surface area contributed by atoms with Crippen molar-refractivity contribution in [2.45, 2.75) is 20.0 Å². The van der Waals surface area contributed by atoms with E-state index in [1.165, 1.54) is 12.1 Å². The van der Waals surface area contributed by atoms with Gasteiger partial charge in [-0.05, 0) is 13.0 Å². The van der Waals surface area contributed by atoms with Crippen LogP contribution in [0.25, 0.3) is 0 Å². The van der Waals surface area contributed by atoms with Crippen LogP contribution in [0.15, 0.2) is 18.2 Å². The predicted molar refractivity (Wildman–Crippen MR) is 49.1 cm³/mol. The Balaban J connectivity index is 3.06. The Bertz CT molecular complexity index is 349. The third-order valence-electron chi connectivity index (χ3n) is 1.72. The first kappa shape index (κ1) is 12.6. The monoisotopic (exact) mass is 238 g/mol. The number of halogens is 4. The van der Waals surface area contributed by atoms with Crippen molar-refractivity contribution in [1.82, 2.24) is 0 Å². The van der Waals surface area contributed by atoms with Crippen molar-refractivity contribution < 1.29 is 27.0 Å². The second kappa shape index (κ2) is 5.05. The van der Waals surface area contributed by atoms with Crippen LogP contribution in [0.4, 0.5) is 17.6 Å². The van der Waals surface area contributed by atoms with E-state index in [9.17, 15) is 17.6 Å². The van der Waals surface area contributed by atoms with Crippen LogP contribution in [0.5, 0.6) is 11.5 Å². The molecule has 0 aliphatic rings. The number of rotatable bonds is 4. The van der Waals surface area contributed by atoms with Crippen LogP contribution in [-0.4, -0.2) is 13.0 Å². The van der Waals surface area contributed by atoms with Gasteiger partial charge in [0, 0.05) is 5.56 Å². The van der Waals surface area contributed by atoms with Gasteiger partial charge in [-0.2, -0.15) is 0 Å². The Labute approximate surface area is 89.8 Å². The lowest BCUT2D eigenvalue weighted by atomic mass is 10.2. The van der Waals surface area contributed by atoms with Crippen molar-refractivity contribution in [3.05, 3.63) is 23.8 Å². The highest BCUT2D eigenvalue weighted by Crippen LogP contribution is 2.35. The standard InChI is InChI=1S/C10H10F4O2/c1-2-15-9-7(6-11)4-3-5-8(9)16-10(12,13)14/h3-5H,2,6H2,1H3. The first-order chi connectivity index (χ1) is 7.48. The van der Waals surface area contributed by atoms with Gasteiger partial charge in [0.1, 0.15) is 6.67 Å². The Hall–Kier alpha value is -1.46. The van der Waals surface area contributed by atoms with Crippen LogP contribution < -0.4 is 9.47 Å². The van der Waals surface area contributed by atoms with E-state index in [4.69, 9.17) is 4.74 Å². The third-order valence-corrected chi connectivity index (χ3v) is 1.72. The molecule has 0 unspecified atom stereocenters. The van der Waals surface area contributed by atoms with Crippen molar-refractivity contribution in [2.75, 3.05) is 6.61 Å². The molecule has 0 spiro atoms. The lowest BCUT2D eigenvalue weighted by Gasteiger charge is -2.15. The summed E-state index contributed by atoms with van der Waals surface area (Å²) in [5.41, 5.74) is 0.0311. The number of hydrogen-bond donors (Lipinski definition) is 0. The SMILES string of the molecule is CCOc1c(CF)cccc1OC(F)(F)F. The average Bonchev–Trinajstić information content (AvgIpc) is 2.18. The summed E-state index contributed by atoms with van der Waals surface area (Å²) in [7, 11) is 0. The topological polar surface area (TPSA) is 18.5 Å². The molecule has 0 aliphatic heterocycles. The molecule has 2 nitrogen and oxygen atoms in total. The maximum Gasteiger partial charge on any atom is 0.573 e. The largest absolute Gasteiger partial charge is 0.573 e. The van der Waals surface area contributed by atoms with Gasteiger partial charge in [0.15, 0.2) is 11.5 Å². The highest BCUT2D eigenvalue weighted by Gasteiger charge is 2.32. The van der Waals surface area contributed by atoms with Gasteiger partial charge in [0.05, 0.1) is 6.61 Å². The molecule has 1 rings (SSSR count). The molecule has 0 bridgehead atoms. The molecule has 0 amide bonds. The minimum atomic E-state index is -4.82. The molecule has 0 aliphatic carbocycles. The fourth-order valence-electron chi connectivity index (χ4n) is 1.18. The summed E-state index contributed by atoms with van der Waals surface area (Å²) >= 11 is 0. The fourth-order valence-corrected chi connectivity index (χ4v) is 1.18. The Morgan fingerprint density at radius 2 is 1.94 bits per heavy atom. The fraction of sp³-hybridized carbons (Fsp3) is 0.400. The van der Waals surface area contributed by atoms with Gasteiger partial charge < -0.3 is 9.47 Å². The van der Waals surface area contributed by atoms with Crippen molar-refractivity contribution in [3.63, 3.8) is 0 Å².